The third kappa shape index (κ3) is 1.68. The van der Waals surface area contributed by atoms with Crippen molar-refractivity contribution < 1.29 is 23.7 Å². The summed E-state index contributed by atoms with van der Waals surface area (Å²) in [6, 6.07) is 9.45. The van der Waals surface area contributed by atoms with Crippen molar-refractivity contribution >= 4 is 24.5 Å². The van der Waals surface area contributed by atoms with Crippen molar-refractivity contribution in [1.29, 1.82) is 0 Å². The summed E-state index contributed by atoms with van der Waals surface area (Å²) in [7, 11) is 0. The summed E-state index contributed by atoms with van der Waals surface area (Å²) in [5.74, 6) is 0.291. The first-order chi connectivity index (χ1) is 10.6. The Labute approximate surface area is 128 Å². The Morgan fingerprint density at radius 3 is 2.82 bits per heavy atom. The maximum Gasteiger partial charge on any atom is 0.549 e. The minimum Gasteiger partial charge on any atom is -0.611 e. The van der Waals surface area contributed by atoms with Crippen LogP contribution in [0.3, 0.4) is 0 Å². The molecule has 0 amide bonds. The zero-order valence-corrected chi connectivity index (χ0v) is 12.2. The van der Waals surface area contributed by atoms with Gasteiger partial charge in [0, 0.05) is 13.0 Å². The average molecular weight is 299 g/mol. The second-order valence-electron chi connectivity index (χ2n) is 6.61. The SMILES string of the molecule is O=C1C[N+]23CCC[C@H]2[C@@H]1C(=O)O[B-]3(O)C=Cc1ccccc1. The molecule has 0 saturated carbocycles. The van der Waals surface area contributed by atoms with Gasteiger partial charge in [-0.15, -0.1) is 5.98 Å². The maximum absolute atomic E-state index is 12.2. The quantitative estimate of drug-likeness (QED) is 0.651. The summed E-state index contributed by atoms with van der Waals surface area (Å²) in [6.07, 6.45) is 3.49. The number of nitrogens with zero attached hydrogens (tertiary/aromatic N) is 1. The van der Waals surface area contributed by atoms with Crippen molar-refractivity contribution in [3.05, 3.63) is 41.9 Å². The van der Waals surface area contributed by atoms with Crippen molar-refractivity contribution in [3.63, 3.8) is 0 Å². The van der Waals surface area contributed by atoms with Gasteiger partial charge in [0.05, 0.1) is 6.04 Å². The lowest BCUT2D eigenvalue weighted by atomic mass is 9.63. The monoisotopic (exact) mass is 299 g/mol. The molecule has 3 fully saturated rings. The predicted octanol–water partition coefficient (Wildman–Crippen LogP) is 0.905. The van der Waals surface area contributed by atoms with Crippen molar-refractivity contribution in [2.75, 3.05) is 13.1 Å². The van der Waals surface area contributed by atoms with Crippen LogP contribution in [-0.2, 0) is 14.2 Å². The standard InChI is InChI=1S/C16H18BNO4/c19-14-11-18-10-4-7-13(18)15(14)16(20)22-17(18,21)9-8-12-5-2-1-3-6-12/h1-3,5-6,8-9,13,15,21H,4,7,10-11H2/t13-,15-,17?,18?/m0/s1. The van der Waals surface area contributed by atoms with E-state index in [0.717, 1.165) is 18.4 Å². The third-order valence-corrected chi connectivity index (χ3v) is 5.54. The van der Waals surface area contributed by atoms with Gasteiger partial charge in [-0.1, -0.05) is 36.4 Å². The average Bonchev–Trinajstić information content (AvgIpc) is 3.00. The fourth-order valence-corrected chi connectivity index (χ4v) is 4.52. The summed E-state index contributed by atoms with van der Waals surface area (Å²) in [4.78, 5) is 24.4. The number of hydrogen-bond donors (Lipinski definition) is 1. The molecular formula is C16H18BNO4. The van der Waals surface area contributed by atoms with Gasteiger partial charge in [0.25, 0.3) is 5.97 Å². The highest BCUT2D eigenvalue weighted by Crippen LogP contribution is 2.47. The number of rotatable bonds is 2. The Morgan fingerprint density at radius 1 is 1.27 bits per heavy atom. The lowest BCUT2D eigenvalue weighted by Crippen LogP contribution is -2.73. The number of carbonyl (C=O) groups is 2. The van der Waals surface area contributed by atoms with Crippen LogP contribution in [0, 0.1) is 5.92 Å². The first-order valence-corrected chi connectivity index (χ1v) is 7.79. The highest BCUT2D eigenvalue weighted by atomic mass is 16.6. The Kier molecular flexibility index (Phi) is 2.83. The molecule has 4 atom stereocenters. The molecule has 3 aliphatic rings. The van der Waals surface area contributed by atoms with Crippen LogP contribution in [0.4, 0.5) is 0 Å². The number of quaternary nitrogens is 1. The number of carbonyl (C=O) groups excluding carboxylic acids is 2. The van der Waals surface area contributed by atoms with Gasteiger partial charge in [0.15, 0.2) is 5.92 Å². The number of benzene rings is 1. The van der Waals surface area contributed by atoms with Gasteiger partial charge in [-0.3, -0.25) is 9.59 Å². The summed E-state index contributed by atoms with van der Waals surface area (Å²) in [5.41, 5.74) is 0.926. The van der Waals surface area contributed by atoms with Crippen LogP contribution < -0.4 is 0 Å². The van der Waals surface area contributed by atoms with E-state index in [-0.39, 0.29) is 22.8 Å². The topological polar surface area (TPSA) is 63.6 Å². The van der Waals surface area contributed by atoms with Gasteiger partial charge in [-0.25, -0.2) is 0 Å². The molecule has 2 bridgehead atoms. The molecule has 1 aromatic rings. The second kappa shape index (κ2) is 4.54. The lowest BCUT2D eigenvalue weighted by molar-refractivity contribution is -0.847. The van der Waals surface area contributed by atoms with Crippen molar-refractivity contribution in [2.24, 2.45) is 5.92 Å². The van der Waals surface area contributed by atoms with Crippen molar-refractivity contribution in [1.82, 2.24) is 0 Å². The van der Waals surface area contributed by atoms with E-state index in [1.807, 2.05) is 30.3 Å². The van der Waals surface area contributed by atoms with Crippen LogP contribution in [0.15, 0.2) is 36.3 Å². The smallest absolute Gasteiger partial charge is 0.549 e. The predicted molar refractivity (Wildman–Crippen MR) is 81.1 cm³/mol. The first-order valence-electron chi connectivity index (χ1n) is 7.79. The molecule has 4 rings (SSSR count). The number of hydrogen-bond acceptors (Lipinski definition) is 4. The van der Waals surface area contributed by atoms with Crippen LogP contribution >= 0.6 is 0 Å². The molecule has 0 radical (unpaired) electrons. The molecule has 3 heterocycles. The van der Waals surface area contributed by atoms with Gasteiger partial charge < -0.3 is 14.1 Å². The molecule has 3 saturated heterocycles. The van der Waals surface area contributed by atoms with Gasteiger partial charge >= 0.3 is 6.69 Å². The molecule has 2 unspecified atom stereocenters. The van der Waals surface area contributed by atoms with E-state index in [4.69, 9.17) is 4.65 Å². The molecule has 114 valence electrons. The normalized spacial score (nSPS) is 40.0. The van der Waals surface area contributed by atoms with Crippen LogP contribution in [0.5, 0.6) is 0 Å². The van der Waals surface area contributed by atoms with E-state index < -0.39 is 18.6 Å². The van der Waals surface area contributed by atoms with E-state index >= 15 is 0 Å². The van der Waals surface area contributed by atoms with Gasteiger partial charge in [0.2, 0.25) is 5.78 Å². The van der Waals surface area contributed by atoms with E-state index in [9.17, 15) is 14.6 Å². The summed E-state index contributed by atoms with van der Waals surface area (Å²) < 4.78 is 5.62. The zero-order valence-electron chi connectivity index (χ0n) is 12.2. The zero-order chi connectivity index (χ0) is 15.4. The lowest BCUT2D eigenvalue weighted by Gasteiger charge is -2.54. The van der Waals surface area contributed by atoms with Crippen molar-refractivity contribution in [3.8, 4) is 0 Å². The molecule has 0 aromatic heterocycles. The Bertz CT molecular complexity index is 676. The van der Waals surface area contributed by atoms with Gasteiger partial charge in [0.1, 0.15) is 6.54 Å². The highest BCUT2D eigenvalue weighted by molar-refractivity contribution is 6.67. The summed E-state index contributed by atoms with van der Waals surface area (Å²) >= 11 is 0. The summed E-state index contributed by atoms with van der Waals surface area (Å²) in [6.45, 7) is -1.63. The molecule has 5 nitrogen and oxygen atoms in total. The first kappa shape index (κ1) is 13.7. The van der Waals surface area contributed by atoms with Crippen molar-refractivity contribution in [2.45, 2.75) is 18.9 Å². The minimum absolute atomic E-state index is 0.0828. The van der Waals surface area contributed by atoms with E-state index in [1.165, 1.54) is 0 Å². The molecule has 6 heteroatoms. The van der Waals surface area contributed by atoms with Gasteiger partial charge in [-0.05, 0) is 12.0 Å². The van der Waals surface area contributed by atoms with Crippen LogP contribution in [0.2, 0.25) is 0 Å². The highest BCUT2D eigenvalue weighted by Gasteiger charge is 2.69. The maximum atomic E-state index is 12.2. The number of Topliss-reactive ketones (excluding diaryl/α,β-unsaturated/α-hetero) is 1. The second-order valence-corrected chi connectivity index (χ2v) is 6.61. The number of ketones is 1. The molecule has 0 spiro atoms. The van der Waals surface area contributed by atoms with Crippen LogP contribution in [0.25, 0.3) is 6.08 Å². The minimum atomic E-state index is -2.52. The van der Waals surface area contributed by atoms with Gasteiger partial charge in [-0.2, -0.15) is 0 Å². The van der Waals surface area contributed by atoms with E-state index in [1.54, 1.807) is 12.1 Å². The fraction of sp³-hybridized carbons (Fsp3) is 0.375. The van der Waals surface area contributed by atoms with E-state index in [2.05, 4.69) is 0 Å². The summed E-state index contributed by atoms with van der Waals surface area (Å²) in [5, 5.41) is 11.1. The molecular weight excluding hydrogens is 281 g/mol. The molecule has 22 heavy (non-hydrogen) atoms. The molecule has 1 N–H and O–H groups in total. The molecule has 3 aliphatic heterocycles. The fourth-order valence-electron chi connectivity index (χ4n) is 4.52. The van der Waals surface area contributed by atoms with E-state index in [0.29, 0.717) is 6.54 Å². The molecule has 0 aliphatic carbocycles. The Hall–Kier alpha value is -1.92. The van der Waals surface area contributed by atoms with Crippen LogP contribution in [-0.4, -0.2) is 47.0 Å². The third-order valence-electron chi connectivity index (χ3n) is 5.54. The largest absolute Gasteiger partial charge is 0.611 e. The Morgan fingerprint density at radius 2 is 2.05 bits per heavy atom. The van der Waals surface area contributed by atoms with Crippen LogP contribution in [0.1, 0.15) is 18.4 Å². The molecule has 1 aromatic carbocycles. The Balaban J connectivity index is 1.75.